The van der Waals surface area contributed by atoms with E-state index in [1.54, 1.807) is 12.1 Å². The molecule has 1 fully saturated rings. The van der Waals surface area contributed by atoms with Crippen LogP contribution in [0, 0.1) is 0 Å². The van der Waals surface area contributed by atoms with Gasteiger partial charge in [-0.1, -0.05) is 18.2 Å². The monoisotopic (exact) mass is 378 g/mol. The van der Waals surface area contributed by atoms with Crippen LogP contribution in [-0.4, -0.2) is 42.8 Å². The summed E-state index contributed by atoms with van der Waals surface area (Å²) < 4.78 is 48.7. The van der Waals surface area contributed by atoms with Crippen LogP contribution < -0.4 is 9.47 Å². The number of rotatable bonds is 4. The number of alkyl halides is 3. The maximum Gasteiger partial charge on any atom is 0.416 e. The minimum atomic E-state index is -4.28. The molecule has 0 amide bonds. The smallest absolute Gasteiger partial charge is 0.416 e. The minimum Gasteiger partial charge on any atom is -0.454 e. The average Bonchev–Trinajstić information content (AvgIpc) is 3.11. The van der Waals surface area contributed by atoms with Gasteiger partial charge in [0.05, 0.1) is 5.56 Å². The summed E-state index contributed by atoms with van der Waals surface area (Å²) in [6.07, 6.45) is -4.28. The molecule has 2 aromatic rings. The zero-order valence-electron chi connectivity index (χ0n) is 14.8. The summed E-state index contributed by atoms with van der Waals surface area (Å²) in [5.41, 5.74) is 1.50. The molecule has 7 heteroatoms. The summed E-state index contributed by atoms with van der Waals surface area (Å²) in [6, 6.07) is 11.5. The Hall–Kier alpha value is -2.25. The van der Waals surface area contributed by atoms with E-state index in [1.165, 1.54) is 5.56 Å². The summed E-state index contributed by atoms with van der Waals surface area (Å²) in [5.74, 6) is 1.59. The Bertz CT molecular complexity index is 785. The lowest BCUT2D eigenvalue weighted by Crippen LogP contribution is -2.45. The molecule has 2 heterocycles. The second-order valence-electron chi connectivity index (χ2n) is 6.93. The van der Waals surface area contributed by atoms with Gasteiger partial charge in [0.25, 0.3) is 0 Å². The highest BCUT2D eigenvalue weighted by Crippen LogP contribution is 2.33. The van der Waals surface area contributed by atoms with E-state index in [9.17, 15) is 13.2 Å². The van der Waals surface area contributed by atoms with Crippen molar-refractivity contribution in [2.24, 2.45) is 0 Å². The van der Waals surface area contributed by atoms with E-state index in [4.69, 9.17) is 9.47 Å². The molecule has 0 spiro atoms. The van der Waals surface area contributed by atoms with E-state index in [0.29, 0.717) is 6.54 Å². The van der Waals surface area contributed by atoms with Gasteiger partial charge in [-0.2, -0.15) is 13.2 Å². The summed E-state index contributed by atoms with van der Waals surface area (Å²) >= 11 is 0. The van der Waals surface area contributed by atoms with E-state index in [-0.39, 0.29) is 6.79 Å². The Kier molecular flexibility index (Phi) is 4.97. The summed E-state index contributed by atoms with van der Waals surface area (Å²) in [6.45, 7) is 5.45. The second-order valence-corrected chi connectivity index (χ2v) is 6.93. The van der Waals surface area contributed by atoms with Crippen molar-refractivity contribution in [2.75, 3.05) is 33.0 Å². The number of hydrogen-bond acceptors (Lipinski definition) is 4. The van der Waals surface area contributed by atoms with Crippen molar-refractivity contribution >= 4 is 0 Å². The Morgan fingerprint density at radius 3 is 1.93 bits per heavy atom. The highest BCUT2D eigenvalue weighted by atomic mass is 19.4. The molecule has 4 nitrogen and oxygen atoms in total. The third kappa shape index (κ3) is 4.36. The van der Waals surface area contributed by atoms with Crippen molar-refractivity contribution in [1.82, 2.24) is 9.80 Å². The van der Waals surface area contributed by atoms with Gasteiger partial charge in [-0.3, -0.25) is 9.80 Å². The number of hydrogen-bond donors (Lipinski definition) is 0. The second kappa shape index (κ2) is 7.40. The Labute approximate surface area is 156 Å². The Balaban J connectivity index is 1.27. The summed E-state index contributed by atoms with van der Waals surface area (Å²) in [7, 11) is 0. The number of halogens is 3. The molecule has 0 bridgehead atoms. The Morgan fingerprint density at radius 1 is 0.741 bits per heavy atom. The highest BCUT2D eigenvalue weighted by Gasteiger charge is 2.30. The highest BCUT2D eigenvalue weighted by molar-refractivity contribution is 5.44. The fraction of sp³-hybridized carbons (Fsp3) is 0.400. The van der Waals surface area contributed by atoms with Gasteiger partial charge in [0.15, 0.2) is 11.5 Å². The molecule has 144 valence electrons. The van der Waals surface area contributed by atoms with E-state index in [2.05, 4.69) is 15.9 Å². The van der Waals surface area contributed by atoms with Crippen LogP contribution in [0.25, 0.3) is 0 Å². The summed E-state index contributed by atoms with van der Waals surface area (Å²) in [5, 5.41) is 0. The molecule has 0 saturated carbocycles. The van der Waals surface area contributed by atoms with E-state index < -0.39 is 11.7 Å². The van der Waals surface area contributed by atoms with Crippen LogP contribution in [-0.2, 0) is 19.3 Å². The van der Waals surface area contributed by atoms with Crippen molar-refractivity contribution in [3.05, 3.63) is 59.2 Å². The van der Waals surface area contributed by atoms with E-state index in [0.717, 1.165) is 61.9 Å². The molecule has 0 N–H and O–H groups in total. The van der Waals surface area contributed by atoms with E-state index >= 15 is 0 Å². The van der Waals surface area contributed by atoms with Crippen LogP contribution in [0.2, 0.25) is 0 Å². The maximum absolute atomic E-state index is 12.6. The normalized spacial score (nSPS) is 18.0. The predicted octanol–water partition coefficient (Wildman–Crippen LogP) is 3.75. The van der Waals surface area contributed by atoms with Gasteiger partial charge in [-0.15, -0.1) is 0 Å². The standard InChI is InChI=1S/C20H21F3N2O2/c21-20(22,23)17-4-1-15(2-5-17)12-24-7-9-25(10-8-24)13-16-3-6-18-19(11-16)27-14-26-18/h1-6,11H,7-10,12-14H2. The average molecular weight is 378 g/mol. The van der Waals surface area contributed by atoms with Crippen molar-refractivity contribution in [3.63, 3.8) is 0 Å². The topological polar surface area (TPSA) is 24.9 Å². The SMILES string of the molecule is FC(F)(F)c1ccc(CN2CCN(Cc3ccc4c(c3)OCO4)CC2)cc1. The lowest BCUT2D eigenvalue weighted by Gasteiger charge is -2.34. The molecule has 0 unspecified atom stereocenters. The van der Waals surface area contributed by atoms with Crippen molar-refractivity contribution in [3.8, 4) is 11.5 Å². The van der Waals surface area contributed by atoms with Gasteiger partial charge in [0.1, 0.15) is 0 Å². The van der Waals surface area contributed by atoms with Crippen LogP contribution >= 0.6 is 0 Å². The Morgan fingerprint density at radius 2 is 1.30 bits per heavy atom. The molecular weight excluding hydrogens is 357 g/mol. The summed E-state index contributed by atoms with van der Waals surface area (Å²) in [4.78, 5) is 4.65. The first-order chi connectivity index (χ1) is 13.0. The van der Waals surface area contributed by atoms with Gasteiger partial charge >= 0.3 is 6.18 Å². The molecule has 2 aromatic carbocycles. The third-order valence-corrected chi connectivity index (χ3v) is 5.00. The van der Waals surface area contributed by atoms with Gasteiger partial charge in [-0.05, 0) is 35.4 Å². The molecule has 4 rings (SSSR count). The van der Waals surface area contributed by atoms with Crippen molar-refractivity contribution < 1.29 is 22.6 Å². The maximum atomic E-state index is 12.6. The molecule has 2 aliphatic rings. The lowest BCUT2D eigenvalue weighted by atomic mass is 10.1. The number of nitrogens with zero attached hydrogens (tertiary/aromatic N) is 2. The van der Waals surface area contributed by atoms with Crippen LogP contribution in [0.15, 0.2) is 42.5 Å². The molecule has 0 aliphatic carbocycles. The van der Waals surface area contributed by atoms with Crippen molar-refractivity contribution in [1.29, 1.82) is 0 Å². The first-order valence-electron chi connectivity index (χ1n) is 8.97. The zero-order chi connectivity index (χ0) is 18.9. The van der Waals surface area contributed by atoms with Crippen molar-refractivity contribution in [2.45, 2.75) is 19.3 Å². The zero-order valence-corrected chi connectivity index (χ0v) is 14.8. The molecule has 1 saturated heterocycles. The third-order valence-electron chi connectivity index (χ3n) is 5.00. The quantitative estimate of drug-likeness (QED) is 0.809. The fourth-order valence-electron chi connectivity index (χ4n) is 3.46. The molecule has 0 aromatic heterocycles. The minimum absolute atomic E-state index is 0.279. The van der Waals surface area contributed by atoms with E-state index in [1.807, 2.05) is 12.1 Å². The predicted molar refractivity (Wildman–Crippen MR) is 94.6 cm³/mol. The largest absolute Gasteiger partial charge is 0.454 e. The molecule has 0 atom stereocenters. The van der Waals surface area contributed by atoms with Crippen LogP contribution in [0.5, 0.6) is 11.5 Å². The molecular formula is C20H21F3N2O2. The first kappa shape index (κ1) is 18.1. The molecule has 27 heavy (non-hydrogen) atoms. The number of fused-ring (bicyclic) bond motifs is 1. The number of ether oxygens (including phenoxy) is 2. The van der Waals surface area contributed by atoms with Crippen LogP contribution in [0.4, 0.5) is 13.2 Å². The van der Waals surface area contributed by atoms with Gasteiger partial charge < -0.3 is 9.47 Å². The van der Waals surface area contributed by atoms with Crippen LogP contribution in [0.1, 0.15) is 16.7 Å². The van der Waals surface area contributed by atoms with Gasteiger partial charge in [0, 0.05) is 39.3 Å². The van der Waals surface area contributed by atoms with Gasteiger partial charge in [-0.25, -0.2) is 0 Å². The number of piperazine rings is 1. The lowest BCUT2D eigenvalue weighted by molar-refractivity contribution is -0.137. The van der Waals surface area contributed by atoms with Crippen LogP contribution in [0.3, 0.4) is 0 Å². The van der Waals surface area contributed by atoms with Gasteiger partial charge in [0.2, 0.25) is 6.79 Å². The fourth-order valence-corrected chi connectivity index (χ4v) is 3.46. The molecule has 2 aliphatic heterocycles. The molecule has 0 radical (unpaired) electrons. The first-order valence-corrected chi connectivity index (χ1v) is 8.97. The number of benzene rings is 2.